The molecule has 0 unspecified atom stereocenters. The molecule has 4 amide bonds. The molecule has 43 heavy (non-hydrogen) atoms. The van der Waals surface area contributed by atoms with E-state index in [2.05, 4.69) is 15.5 Å². The lowest BCUT2D eigenvalue weighted by molar-refractivity contribution is -0.132. The molecule has 2 rings (SSSR count). The zero-order valence-electron chi connectivity index (χ0n) is 27.5. The van der Waals surface area contributed by atoms with Crippen LogP contribution < -0.4 is 15.4 Å². The number of anilines is 1. The maximum atomic E-state index is 14.2. The number of hydrogen-bond acceptors (Lipinski definition) is 7. The Morgan fingerprint density at radius 1 is 1.14 bits per heavy atom. The number of likely N-dealkylation sites (N-methyl/N-ethyl adjacent to an activating group) is 1. The van der Waals surface area contributed by atoms with Crippen LogP contribution in [-0.2, 0) is 9.53 Å². The summed E-state index contributed by atoms with van der Waals surface area (Å²) in [5.41, 5.74) is 0.771. The largest absolute Gasteiger partial charge is 0.490 e. The van der Waals surface area contributed by atoms with E-state index >= 15 is 0 Å². The number of urea groups is 1. The molecule has 244 valence electrons. The quantitative estimate of drug-likeness (QED) is 0.371. The van der Waals surface area contributed by atoms with Crippen LogP contribution in [0.4, 0.5) is 10.5 Å². The topological polar surface area (TPSA) is 124 Å². The Hall–Kier alpha value is -2.89. The SMILES string of the molecule is CC(C)NC(=O)Nc1ccc2c(c1)C(=O)N([C@H](C)CO)C[C@H](C)[C@H](CN(C)C(=O)CCCN(C)C)OCCCC[C@H](C)O2. The summed E-state index contributed by atoms with van der Waals surface area (Å²) in [6, 6.07) is 4.17. The van der Waals surface area contributed by atoms with Gasteiger partial charge in [0.1, 0.15) is 5.75 Å². The molecule has 0 saturated carbocycles. The molecule has 11 heteroatoms. The second-order valence-electron chi connectivity index (χ2n) is 12.4. The number of amides is 4. The van der Waals surface area contributed by atoms with Gasteiger partial charge in [-0.1, -0.05) is 6.92 Å². The second-order valence-corrected chi connectivity index (χ2v) is 12.4. The lowest BCUT2D eigenvalue weighted by Gasteiger charge is -2.36. The molecule has 1 heterocycles. The number of carbonyl (C=O) groups is 3. The smallest absolute Gasteiger partial charge is 0.319 e. The monoisotopic (exact) mass is 605 g/mol. The minimum absolute atomic E-state index is 0.0481. The second kappa shape index (κ2) is 18.0. The minimum Gasteiger partial charge on any atom is -0.490 e. The van der Waals surface area contributed by atoms with E-state index in [4.69, 9.17) is 9.47 Å². The third kappa shape index (κ3) is 12.3. The maximum absolute atomic E-state index is 14.2. The van der Waals surface area contributed by atoms with Crippen LogP contribution in [0, 0.1) is 5.92 Å². The summed E-state index contributed by atoms with van der Waals surface area (Å²) in [6.07, 6.45) is 3.29. The van der Waals surface area contributed by atoms with Gasteiger partial charge in [-0.15, -0.1) is 0 Å². The van der Waals surface area contributed by atoms with Gasteiger partial charge in [0.15, 0.2) is 0 Å². The van der Waals surface area contributed by atoms with Crippen LogP contribution in [-0.4, -0.2) is 116 Å². The Morgan fingerprint density at radius 3 is 2.51 bits per heavy atom. The molecule has 1 aliphatic rings. The lowest BCUT2D eigenvalue weighted by atomic mass is 10.0. The molecule has 1 aromatic rings. The van der Waals surface area contributed by atoms with Crippen LogP contribution in [0.1, 0.15) is 77.1 Å². The van der Waals surface area contributed by atoms with Crippen molar-refractivity contribution in [3.63, 3.8) is 0 Å². The van der Waals surface area contributed by atoms with E-state index in [1.807, 2.05) is 41.8 Å². The predicted molar refractivity (Wildman–Crippen MR) is 170 cm³/mol. The van der Waals surface area contributed by atoms with Crippen molar-refractivity contribution in [2.45, 2.75) is 91.0 Å². The maximum Gasteiger partial charge on any atom is 0.319 e. The predicted octanol–water partition coefficient (Wildman–Crippen LogP) is 3.81. The van der Waals surface area contributed by atoms with Gasteiger partial charge in [-0.05, 0) is 92.2 Å². The zero-order chi connectivity index (χ0) is 32.1. The summed E-state index contributed by atoms with van der Waals surface area (Å²) in [6.45, 7) is 11.4. The molecule has 1 aromatic carbocycles. The molecular weight excluding hydrogens is 550 g/mol. The first-order valence-electron chi connectivity index (χ1n) is 15.6. The van der Waals surface area contributed by atoms with Crippen molar-refractivity contribution >= 4 is 23.5 Å². The van der Waals surface area contributed by atoms with E-state index in [1.165, 1.54) is 0 Å². The average Bonchev–Trinajstić information content (AvgIpc) is 2.93. The highest BCUT2D eigenvalue weighted by atomic mass is 16.5. The normalized spacial score (nSPS) is 21.0. The van der Waals surface area contributed by atoms with Crippen LogP contribution >= 0.6 is 0 Å². The summed E-state index contributed by atoms with van der Waals surface area (Å²) in [4.78, 5) is 44.9. The summed E-state index contributed by atoms with van der Waals surface area (Å²) >= 11 is 0. The fraction of sp³-hybridized carbons (Fsp3) is 0.719. The van der Waals surface area contributed by atoms with Gasteiger partial charge in [-0.25, -0.2) is 4.79 Å². The summed E-state index contributed by atoms with van der Waals surface area (Å²) < 4.78 is 12.6. The van der Waals surface area contributed by atoms with E-state index in [1.54, 1.807) is 42.0 Å². The highest BCUT2D eigenvalue weighted by Gasteiger charge is 2.31. The molecule has 0 spiro atoms. The minimum atomic E-state index is -0.486. The lowest BCUT2D eigenvalue weighted by Crippen LogP contribution is -2.48. The molecule has 11 nitrogen and oxygen atoms in total. The number of fused-ring (bicyclic) bond motifs is 1. The third-order valence-electron chi connectivity index (χ3n) is 7.60. The van der Waals surface area contributed by atoms with Gasteiger partial charge in [0.25, 0.3) is 5.91 Å². The highest BCUT2D eigenvalue weighted by molar-refractivity contribution is 5.99. The van der Waals surface area contributed by atoms with Crippen molar-refractivity contribution in [3.05, 3.63) is 23.8 Å². The Bertz CT molecular complexity index is 1040. The van der Waals surface area contributed by atoms with Gasteiger partial charge in [-0.2, -0.15) is 0 Å². The number of aliphatic hydroxyl groups excluding tert-OH is 1. The number of ether oxygens (including phenoxy) is 2. The van der Waals surface area contributed by atoms with E-state index < -0.39 is 6.04 Å². The summed E-state index contributed by atoms with van der Waals surface area (Å²) in [5, 5.41) is 15.7. The number of hydrogen-bond donors (Lipinski definition) is 3. The molecule has 0 bridgehead atoms. The fourth-order valence-corrected chi connectivity index (χ4v) is 5.00. The van der Waals surface area contributed by atoms with E-state index in [0.717, 1.165) is 32.2 Å². The van der Waals surface area contributed by atoms with Crippen molar-refractivity contribution in [1.29, 1.82) is 0 Å². The first-order valence-corrected chi connectivity index (χ1v) is 15.6. The van der Waals surface area contributed by atoms with Crippen LogP contribution in [0.2, 0.25) is 0 Å². The van der Waals surface area contributed by atoms with Crippen molar-refractivity contribution in [3.8, 4) is 5.75 Å². The van der Waals surface area contributed by atoms with Gasteiger partial charge in [0.05, 0.1) is 30.4 Å². The molecule has 4 atom stereocenters. The summed E-state index contributed by atoms with van der Waals surface area (Å²) in [5.74, 6) is 0.0462. The third-order valence-corrected chi connectivity index (χ3v) is 7.60. The Balaban J connectivity index is 2.38. The number of carbonyl (C=O) groups excluding carboxylic acids is 3. The number of rotatable bonds is 10. The van der Waals surface area contributed by atoms with E-state index in [0.29, 0.717) is 43.1 Å². The molecule has 0 aromatic heterocycles. The molecule has 1 aliphatic heterocycles. The van der Waals surface area contributed by atoms with Crippen LogP contribution in [0.3, 0.4) is 0 Å². The first-order chi connectivity index (χ1) is 20.3. The number of aliphatic hydroxyl groups is 1. The molecule has 0 saturated heterocycles. The molecule has 0 radical (unpaired) electrons. The summed E-state index contributed by atoms with van der Waals surface area (Å²) in [7, 11) is 5.79. The first kappa shape index (κ1) is 36.3. The Morgan fingerprint density at radius 2 is 1.86 bits per heavy atom. The van der Waals surface area contributed by atoms with Crippen LogP contribution in [0.5, 0.6) is 5.75 Å². The zero-order valence-corrected chi connectivity index (χ0v) is 27.5. The number of benzene rings is 1. The molecule has 0 aliphatic carbocycles. The standard InChI is InChI=1S/C32H55N5O6/c1-22(2)33-32(41)34-26-14-15-28-27(18-26)31(40)37(24(4)21-38)19-23(3)29(42-17-10-9-12-25(5)43-28)20-36(8)30(39)13-11-16-35(6)7/h14-15,18,22-25,29,38H,9-13,16-17,19-21H2,1-8H3,(H2,33,34,41)/t23-,24+,25-,29-/m0/s1. The van der Waals surface area contributed by atoms with Crippen molar-refractivity contribution in [2.75, 3.05) is 59.3 Å². The van der Waals surface area contributed by atoms with E-state index in [-0.39, 0.29) is 48.6 Å². The van der Waals surface area contributed by atoms with E-state index in [9.17, 15) is 19.5 Å². The number of nitrogens with zero attached hydrogens (tertiary/aromatic N) is 3. The molecule has 3 N–H and O–H groups in total. The van der Waals surface area contributed by atoms with Gasteiger partial charge < -0.3 is 39.9 Å². The average molecular weight is 606 g/mol. The van der Waals surface area contributed by atoms with Gasteiger partial charge in [0, 0.05) is 50.8 Å². The van der Waals surface area contributed by atoms with Crippen LogP contribution in [0.15, 0.2) is 18.2 Å². The Labute approximate surface area is 258 Å². The van der Waals surface area contributed by atoms with Crippen molar-refractivity contribution < 1.29 is 29.0 Å². The Kier molecular flexibility index (Phi) is 15.2. The number of nitrogens with one attached hydrogen (secondary N) is 2. The highest BCUT2D eigenvalue weighted by Crippen LogP contribution is 2.28. The molecule has 0 fully saturated rings. The fourth-order valence-electron chi connectivity index (χ4n) is 5.00. The van der Waals surface area contributed by atoms with Gasteiger partial charge in [-0.3, -0.25) is 9.59 Å². The van der Waals surface area contributed by atoms with Crippen LogP contribution in [0.25, 0.3) is 0 Å². The van der Waals surface area contributed by atoms with Gasteiger partial charge in [0.2, 0.25) is 5.91 Å². The van der Waals surface area contributed by atoms with Gasteiger partial charge >= 0.3 is 6.03 Å². The van der Waals surface area contributed by atoms with Crippen molar-refractivity contribution in [2.24, 2.45) is 5.92 Å². The molecular formula is C32H55N5O6. The van der Waals surface area contributed by atoms with Crippen molar-refractivity contribution in [1.82, 2.24) is 20.0 Å².